The van der Waals surface area contributed by atoms with Crippen molar-refractivity contribution >= 4 is 16.5 Å². The van der Waals surface area contributed by atoms with Gasteiger partial charge in [0.15, 0.2) is 0 Å². The van der Waals surface area contributed by atoms with Crippen LogP contribution in [-0.2, 0) is 0 Å². The first kappa shape index (κ1) is 9.72. The average Bonchev–Trinajstić information content (AvgIpc) is 2.75. The van der Waals surface area contributed by atoms with Gasteiger partial charge >= 0.3 is 0 Å². The number of nitrogen functional groups attached to an aromatic ring is 1. The Hall–Kier alpha value is -2.49. The van der Waals surface area contributed by atoms with Gasteiger partial charge in [-0.15, -0.1) is 0 Å². The minimum absolute atomic E-state index is 0.194. The van der Waals surface area contributed by atoms with Gasteiger partial charge in [-0.2, -0.15) is 5.10 Å². The largest absolute Gasteiger partial charge is 0.507 e. The lowest BCUT2D eigenvalue weighted by atomic mass is 10.0. The van der Waals surface area contributed by atoms with E-state index in [0.717, 1.165) is 10.8 Å². The molecule has 84 valence electrons. The first-order chi connectivity index (χ1) is 8.27. The smallest absolute Gasteiger partial charge is 0.125 e. The molecule has 0 atom stereocenters. The van der Waals surface area contributed by atoms with Gasteiger partial charge in [-0.05, 0) is 16.8 Å². The Balaban J connectivity index is 2.42. The summed E-state index contributed by atoms with van der Waals surface area (Å²) >= 11 is 0. The molecule has 3 aromatic rings. The normalized spacial score (nSPS) is 10.8. The molecule has 4 heteroatoms. The second kappa shape index (κ2) is 3.52. The van der Waals surface area contributed by atoms with Gasteiger partial charge in [-0.25, -0.2) is 0 Å². The molecule has 3 rings (SSSR count). The van der Waals surface area contributed by atoms with Gasteiger partial charge in [0.25, 0.3) is 0 Å². The van der Waals surface area contributed by atoms with Gasteiger partial charge in [0, 0.05) is 0 Å². The highest BCUT2D eigenvalue weighted by Gasteiger charge is 2.13. The summed E-state index contributed by atoms with van der Waals surface area (Å²) in [5.41, 5.74) is 7.70. The van der Waals surface area contributed by atoms with Crippen molar-refractivity contribution in [2.75, 3.05) is 5.73 Å². The van der Waals surface area contributed by atoms with E-state index in [9.17, 15) is 5.11 Å². The molecule has 0 fully saturated rings. The molecule has 0 saturated heterocycles. The first-order valence-corrected chi connectivity index (χ1v) is 5.27. The molecule has 0 bridgehead atoms. The number of nitrogens with two attached hydrogens (primary N) is 1. The molecule has 1 aromatic heterocycles. The van der Waals surface area contributed by atoms with Crippen LogP contribution in [-0.4, -0.2) is 15.3 Å². The van der Waals surface area contributed by atoms with E-state index in [1.54, 1.807) is 6.07 Å². The lowest BCUT2D eigenvalue weighted by molar-refractivity contribution is 0.478. The van der Waals surface area contributed by atoms with Crippen molar-refractivity contribution < 1.29 is 5.11 Å². The molecule has 0 saturated carbocycles. The number of nitrogens with one attached hydrogen (secondary N) is 1. The van der Waals surface area contributed by atoms with E-state index in [0.29, 0.717) is 16.9 Å². The van der Waals surface area contributed by atoms with Crippen molar-refractivity contribution in [3.8, 4) is 17.0 Å². The SMILES string of the molecule is Nc1cn[nH]c1-c1c(O)ccc2ccccc12. The second-order valence-electron chi connectivity index (χ2n) is 3.88. The Morgan fingerprint density at radius 2 is 1.94 bits per heavy atom. The van der Waals surface area contributed by atoms with Gasteiger partial charge in [-0.1, -0.05) is 30.3 Å². The molecular formula is C13H11N3O. The van der Waals surface area contributed by atoms with Crippen LogP contribution < -0.4 is 5.73 Å². The highest BCUT2D eigenvalue weighted by Crippen LogP contribution is 2.37. The topological polar surface area (TPSA) is 74.9 Å². The molecule has 0 aliphatic carbocycles. The molecule has 0 aliphatic heterocycles. The van der Waals surface area contributed by atoms with Crippen LogP contribution in [0.1, 0.15) is 0 Å². The summed E-state index contributed by atoms with van der Waals surface area (Å²) < 4.78 is 0. The molecule has 2 aromatic carbocycles. The Kier molecular flexibility index (Phi) is 2.01. The van der Waals surface area contributed by atoms with Crippen LogP contribution in [0, 0.1) is 0 Å². The number of hydrogen-bond acceptors (Lipinski definition) is 3. The second-order valence-corrected chi connectivity index (χ2v) is 3.88. The predicted octanol–water partition coefficient (Wildman–Crippen LogP) is 2.52. The molecule has 0 aliphatic rings. The van der Waals surface area contributed by atoms with Gasteiger partial charge < -0.3 is 10.8 Å². The van der Waals surface area contributed by atoms with Crippen LogP contribution in [0.4, 0.5) is 5.69 Å². The van der Waals surface area contributed by atoms with E-state index in [1.165, 1.54) is 6.20 Å². The van der Waals surface area contributed by atoms with Crippen LogP contribution in [0.15, 0.2) is 42.6 Å². The lowest BCUT2D eigenvalue weighted by Gasteiger charge is -2.08. The van der Waals surface area contributed by atoms with Crippen molar-refractivity contribution in [1.29, 1.82) is 0 Å². The number of phenolic OH excluding ortho intramolecular Hbond substituents is 1. The standard InChI is InChI=1S/C13H11N3O/c14-10-7-15-16-13(10)12-9-4-2-1-3-8(9)5-6-11(12)17/h1-7,17H,14H2,(H,15,16). The summed E-state index contributed by atoms with van der Waals surface area (Å²) in [6, 6.07) is 11.4. The maximum absolute atomic E-state index is 10.0. The van der Waals surface area contributed by atoms with Crippen LogP contribution in [0.25, 0.3) is 22.0 Å². The number of aromatic nitrogens is 2. The van der Waals surface area contributed by atoms with Gasteiger partial charge in [-0.3, -0.25) is 5.10 Å². The minimum atomic E-state index is 0.194. The highest BCUT2D eigenvalue weighted by molar-refractivity contribution is 6.00. The Bertz CT molecular complexity index is 688. The molecule has 0 radical (unpaired) electrons. The predicted molar refractivity (Wildman–Crippen MR) is 67.6 cm³/mol. The number of fused-ring (bicyclic) bond motifs is 1. The third kappa shape index (κ3) is 1.42. The zero-order valence-corrected chi connectivity index (χ0v) is 9.01. The van der Waals surface area contributed by atoms with Crippen molar-refractivity contribution in [1.82, 2.24) is 10.2 Å². The number of nitrogens with zero attached hydrogens (tertiary/aromatic N) is 1. The molecule has 0 spiro atoms. The Morgan fingerprint density at radius 1 is 1.12 bits per heavy atom. The van der Waals surface area contributed by atoms with Crippen LogP contribution in [0.3, 0.4) is 0 Å². The number of anilines is 1. The van der Waals surface area contributed by atoms with Crippen LogP contribution in [0.5, 0.6) is 5.75 Å². The molecule has 0 unspecified atom stereocenters. The zero-order valence-electron chi connectivity index (χ0n) is 9.01. The van der Waals surface area contributed by atoms with Gasteiger partial charge in [0.2, 0.25) is 0 Å². The van der Waals surface area contributed by atoms with E-state index in [2.05, 4.69) is 10.2 Å². The van der Waals surface area contributed by atoms with E-state index in [-0.39, 0.29) is 5.75 Å². The number of phenols is 1. The Morgan fingerprint density at radius 3 is 2.71 bits per heavy atom. The molecular weight excluding hydrogens is 214 g/mol. The third-order valence-corrected chi connectivity index (χ3v) is 2.83. The lowest BCUT2D eigenvalue weighted by Crippen LogP contribution is -1.89. The van der Waals surface area contributed by atoms with E-state index in [4.69, 9.17) is 5.73 Å². The number of H-pyrrole nitrogens is 1. The number of aromatic amines is 1. The van der Waals surface area contributed by atoms with E-state index in [1.807, 2.05) is 30.3 Å². The summed E-state index contributed by atoms with van der Waals surface area (Å²) in [6.07, 6.45) is 1.54. The van der Waals surface area contributed by atoms with Crippen molar-refractivity contribution in [3.05, 3.63) is 42.6 Å². The third-order valence-electron chi connectivity index (χ3n) is 2.83. The van der Waals surface area contributed by atoms with Crippen molar-refractivity contribution in [3.63, 3.8) is 0 Å². The zero-order chi connectivity index (χ0) is 11.8. The molecule has 1 heterocycles. The first-order valence-electron chi connectivity index (χ1n) is 5.27. The van der Waals surface area contributed by atoms with Crippen LogP contribution in [0.2, 0.25) is 0 Å². The van der Waals surface area contributed by atoms with Crippen molar-refractivity contribution in [2.45, 2.75) is 0 Å². The fraction of sp³-hybridized carbons (Fsp3) is 0. The minimum Gasteiger partial charge on any atom is -0.507 e. The number of rotatable bonds is 1. The maximum atomic E-state index is 10.0. The maximum Gasteiger partial charge on any atom is 0.125 e. The van der Waals surface area contributed by atoms with E-state index < -0.39 is 0 Å². The summed E-state index contributed by atoms with van der Waals surface area (Å²) in [4.78, 5) is 0. The quantitative estimate of drug-likeness (QED) is 0.595. The highest BCUT2D eigenvalue weighted by atomic mass is 16.3. The Labute approximate surface area is 97.7 Å². The van der Waals surface area contributed by atoms with Gasteiger partial charge in [0.05, 0.1) is 23.1 Å². The van der Waals surface area contributed by atoms with E-state index >= 15 is 0 Å². The number of hydrogen-bond donors (Lipinski definition) is 3. The fourth-order valence-electron chi connectivity index (χ4n) is 2.02. The fourth-order valence-corrected chi connectivity index (χ4v) is 2.02. The number of aromatic hydroxyl groups is 1. The summed E-state index contributed by atoms with van der Waals surface area (Å²) in [7, 11) is 0. The summed E-state index contributed by atoms with van der Waals surface area (Å²) in [6.45, 7) is 0. The molecule has 17 heavy (non-hydrogen) atoms. The summed E-state index contributed by atoms with van der Waals surface area (Å²) in [5, 5.41) is 18.7. The number of benzene rings is 2. The average molecular weight is 225 g/mol. The molecule has 4 nitrogen and oxygen atoms in total. The van der Waals surface area contributed by atoms with Crippen LogP contribution >= 0.6 is 0 Å². The molecule has 0 amide bonds. The van der Waals surface area contributed by atoms with Gasteiger partial charge in [0.1, 0.15) is 5.75 Å². The molecule has 4 N–H and O–H groups in total. The summed E-state index contributed by atoms with van der Waals surface area (Å²) in [5.74, 6) is 0.194. The monoisotopic (exact) mass is 225 g/mol. The van der Waals surface area contributed by atoms with Crippen molar-refractivity contribution in [2.24, 2.45) is 0 Å².